The van der Waals surface area contributed by atoms with Crippen LogP contribution in [0.3, 0.4) is 0 Å². The van der Waals surface area contributed by atoms with Gasteiger partial charge in [-0.25, -0.2) is 4.79 Å². The van der Waals surface area contributed by atoms with Gasteiger partial charge in [-0.3, -0.25) is 0 Å². The first kappa shape index (κ1) is 18.6. The molecule has 5 heteroatoms. The summed E-state index contributed by atoms with van der Waals surface area (Å²) in [6.45, 7) is 3.78. The molecule has 0 aromatic heterocycles. The highest BCUT2D eigenvalue weighted by Gasteiger charge is 2.15. The standard InChI is InChI=1S/C21H25ClN2O2/c1-14(17-8-7-16-5-3-4-6-18(16)13-17)23-21(25)24-15(2)26-20-11-9-19(22)10-12-20/h7-15H,3-6H2,1-2H3,(H2,23,24,25). The lowest BCUT2D eigenvalue weighted by Crippen LogP contribution is -2.44. The van der Waals surface area contributed by atoms with Gasteiger partial charge in [0.2, 0.25) is 0 Å². The van der Waals surface area contributed by atoms with Crippen molar-refractivity contribution in [2.24, 2.45) is 0 Å². The molecule has 0 fully saturated rings. The molecule has 2 aromatic rings. The molecule has 2 unspecified atom stereocenters. The van der Waals surface area contributed by atoms with E-state index in [2.05, 4.69) is 28.8 Å². The molecule has 0 radical (unpaired) electrons. The van der Waals surface area contributed by atoms with E-state index in [-0.39, 0.29) is 12.1 Å². The molecule has 2 amide bonds. The minimum absolute atomic E-state index is 0.0649. The second-order valence-electron chi connectivity index (χ2n) is 6.79. The molecule has 2 N–H and O–H groups in total. The number of carbonyl (C=O) groups excluding carboxylic acids is 1. The zero-order valence-electron chi connectivity index (χ0n) is 15.2. The number of nitrogens with one attached hydrogen (secondary N) is 2. The minimum Gasteiger partial charge on any atom is -0.471 e. The Hall–Kier alpha value is -2.20. The number of hydrogen-bond donors (Lipinski definition) is 2. The number of halogens is 1. The summed E-state index contributed by atoms with van der Waals surface area (Å²) < 4.78 is 5.67. The summed E-state index contributed by atoms with van der Waals surface area (Å²) in [7, 11) is 0. The summed E-state index contributed by atoms with van der Waals surface area (Å²) in [4.78, 5) is 12.2. The van der Waals surface area contributed by atoms with Gasteiger partial charge in [0.15, 0.2) is 6.23 Å². The molecule has 3 rings (SSSR count). The van der Waals surface area contributed by atoms with Crippen molar-refractivity contribution < 1.29 is 9.53 Å². The predicted octanol–water partition coefficient (Wildman–Crippen LogP) is 5.00. The van der Waals surface area contributed by atoms with E-state index >= 15 is 0 Å². The number of rotatable bonds is 5. The average molecular weight is 373 g/mol. The van der Waals surface area contributed by atoms with Crippen molar-refractivity contribution in [1.29, 1.82) is 0 Å². The van der Waals surface area contributed by atoms with Crippen LogP contribution in [0.4, 0.5) is 4.79 Å². The Morgan fingerprint density at radius 2 is 1.69 bits per heavy atom. The highest BCUT2D eigenvalue weighted by Crippen LogP contribution is 2.24. The van der Waals surface area contributed by atoms with Crippen LogP contribution in [-0.4, -0.2) is 12.3 Å². The van der Waals surface area contributed by atoms with Crippen LogP contribution in [0.1, 0.15) is 49.4 Å². The van der Waals surface area contributed by atoms with Crippen molar-refractivity contribution in [2.75, 3.05) is 0 Å². The first-order chi connectivity index (χ1) is 12.5. The molecule has 0 aliphatic heterocycles. The molecule has 0 saturated heterocycles. The van der Waals surface area contributed by atoms with Crippen LogP contribution in [0.5, 0.6) is 5.75 Å². The summed E-state index contributed by atoms with van der Waals surface area (Å²) in [5, 5.41) is 6.43. The summed E-state index contributed by atoms with van der Waals surface area (Å²) in [5.74, 6) is 0.657. The molecule has 0 saturated carbocycles. The largest absolute Gasteiger partial charge is 0.471 e. The Morgan fingerprint density at radius 1 is 1.00 bits per heavy atom. The molecular weight excluding hydrogens is 348 g/mol. The SMILES string of the molecule is CC(NC(=O)NC(C)c1ccc2c(c1)CCCC2)Oc1ccc(Cl)cc1. The van der Waals surface area contributed by atoms with Gasteiger partial charge in [0.05, 0.1) is 6.04 Å². The summed E-state index contributed by atoms with van der Waals surface area (Å²) >= 11 is 5.86. The highest BCUT2D eigenvalue weighted by molar-refractivity contribution is 6.30. The second kappa shape index (κ2) is 8.45. The lowest BCUT2D eigenvalue weighted by Gasteiger charge is -2.21. The Balaban J connectivity index is 1.53. The van der Waals surface area contributed by atoms with Crippen LogP contribution in [0.15, 0.2) is 42.5 Å². The third-order valence-electron chi connectivity index (χ3n) is 4.68. The molecule has 138 valence electrons. The highest BCUT2D eigenvalue weighted by atomic mass is 35.5. The van der Waals surface area contributed by atoms with Crippen LogP contribution >= 0.6 is 11.6 Å². The van der Waals surface area contributed by atoms with Crippen LogP contribution < -0.4 is 15.4 Å². The quantitative estimate of drug-likeness (QED) is 0.725. The van der Waals surface area contributed by atoms with Crippen LogP contribution in [0, 0.1) is 0 Å². The van der Waals surface area contributed by atoms with Crippen molar-refractivity contribution in [3.8, 4) is 5.75 Å². The molecule has 0 bridgehead atoms. The van der Waals surface area contributed by atoms with Gasteiger partial charge in [0, 0.05) is 5.02 Å². The molecule has 2 atom stereocenters. The molecule has 4 nitrogen and oxygen atoms in total. The normalized spacial score (nSPS) is 15.5. The van der Waals surface area contributed by atoms with E-state index in [1.807, 2.05) is 6.92 Å². The maximum Gasteiger partial charge on any atom is 0.318 e. The number of benzene rings is 2. The first-order valence-electron chi connectivity index (χ1n) is 9.12. The van der Waals surface area contributed by atoms with Gasteiger partial charge in [-0.2, -0.15) is 0 Å². The van der Waals surface area contributed by atoms with Crippen molar-refractivity contribution in [1.82, 2.24) is 10.6 Å². The lowest BCUT2D eigenvalue weighted by atomic mass is 9.89. The lowest BCUT2D eigenvalue weighted by molar-refractivity contribution is 0.175. The van der Waals surface area contributed by atoms with E-state index < -0.39 is 6.23 Å². The van der Waals surface area contributed by atoms with Gasteiger partial charge < -0.3 is 15.4 Å². The maximum atomic E-state index is 12.2. The van der Waals surface area contributed by atoms with Crippen molar-refractivity contribution in [2.45, 2.75) is 51.8 Å². The minimum atomic E-state index is -0.452. The number of urea groups is 1. The fourth-order valence-electron chi connectivity index (χ4n) is 3.28. The third-order valence-corrected chi connectivity index (χ3v) is 4.93. The number of ether oxygens (including phenoxy) is 1. The van der Waals surface area contributed by atoms with Gasteiger partial charge >= 0.3 is 6.03 Å². The molecule has 26 heavy (non-hydrogen) atoms. The predicted molar refractivity (Wildman–Crippen MR) is 105 cm³/mol. The Labute approximate surface area is 159 Å². The molecule has 1 aliphatic carbocycles. The summed E-state index contributed by atoms with van der Waals surface area (Å²) in [6.07, 6.45) is 4.37. The maximum absolute atomic E-state index is 12.2. The molecule has 2 aromatic carbocycles. The van der Waals surface area contributed by atoms with Crippen LogP contribution in [-0.2, 0) is 12.8 Å². The topological polar surface area (TPSA) is 50.4 Å². The van der Waals surface area contributed by atoms with Crippen molar-refractivity contribution in [3.05, 3.63) is 64.2 Å². The van der Waals surface area contributed by atoms with Gasteiger partial charge in [0.25, 0.3) is 0 Å². The van der Waals surface area contributed by atoms with E-state index in [9.17, 15) is 4.79 Å². The van der Waals surface area contributed by atoms with Gasteiger partial charge in [-0.05, 0) is 80.5 Å². The molecule has 0 heterocycles. The van der Waals surface area contributed by atoms with E-state index in [1.54, 1.807) is 31.2 Å². The summed E-state index contributed by atoms with van der Waals surface area (Å²) in [6, 6.07) is 13.3. The smallest absolute Gasteiger partial charge is 0.318 e. The van der Waals surface area contributed by atoms with E-state index in [1.165, 1.54) is 24.0 Å². The Bertz CT molecular complexity index is 761. The number of carbonyl (C=O) groups is 1. The average Bonchev–Trinajstić information content (AvgIpc) is 2.63. The van der Waals surface area contributed by atoms with Crippen molar-refractivity contribution in [3.63, 3.8) is 0 Å². The van der Waals surface area contributed by atoms with Crippen LogP contribution in [0.2, 0.25) is 5.02 Å². The van der Waals surface area contributed by atoms with E-state index in [4.69, 9.17) is 16.3 Å². The van der Waals surface area contributed by atoms with Crippen LogP contribution in [0.25, 0.3) is 0 Å². The Kier molecular flexibility index (Phi) is 6.04. The monoisotopic (exact) mass is 372 g/mol. The zero-order valence-corrected chi connectivity index (χ0v) is 16.0. The molecule has 0 spiro atoms. The zero-order chi connectivity index (χ0) is 18.5. The second-order valence-corrected chi connectivity index (χ2v) is 7.23. The van der Waals surface area contributed by atoms with E-state index in [0.717, 1.165) is 18.4 Å². The third kappa shape index (κ3) is 4.92. The number of fused-ring (bicyclic) bond motifs is 1. The number of hydrogen-bond acceptors (Lipinski definition) is 2. The van der Waals surface area contributed by atoms with Gasteiger partial charge in [-0.15, -0.1) is 0 Å². The van der Waals surface area contributed by atoms with E-state index in [0.29, 0.717) is 10.8 Å². The molecular formula is C21H25ClN2O2. The number of aryl methyl sites for hydroxylation is 2. The fourth-order valence-corrected chi connectivity index (χ4v) is 3.40. The fraction of sp³-hybridized carbons (Fsp3) is 0.381. The van der Waals surface area contributed by atoms with Gasteiger partial charge in [-0.1, -0.05) is 29.8 Å². The summed E-state index contributed by atoms with van der Waals surface area (Å²) in [5.41, 5.74) is 4.00. The molecule has 1 aliphatic rings. The Morgan fingerprint density at radius 3 is 2.42 bits per heavy atom. The van der Waals surface area contributed by atoms with Crippen molar-refractivity contribution >= 4 is 17.6 Å². The van der Waals surface area contributed by atoms with Gasteiger partial charge in [0.1, 0.15) is 5.75 Å². The number of amides is 2. The first-order valence-corrected chi connectivity index (χ1v) is 9.50.